The van der Waals surface area contributed by atoms with Crippen LogP contribution in [0.2, 0.25) is 5.02 Å². The number of nitrogens with zero attached hydrogens (tertiary/aromatic N) is 1. The van der Waals surface area contributed by atoms with Gasteiger partial charge in [0.05, 0.1) is 18.1 Å². The van der Waals surface area contributed by atoms with Gasteiger partial charge in [0, 0.05) is 34.8 Å². The Bertz CT molecular complexity index is 1020. The lowest BCUT2D eigenvalue weighted by molar-refractivity contribution is -0.384. The molecule has 1 N–H and O–H groups in total. The van der Waals surface area contributed by atoms with E-state index in [9.17, 15) is 14.9 Å². The number of non-ortho nitro benzene ring substituents is 1. The van der Waals surface area contributed by atoms with Crippen LogP contribution >= 0.6 is 11.6 Å². The number of hydrogen-bond donors (Lipinski definition) is 1. The highest BCUT2D eigenvalue weighted by molar-refractivity contribution is 6.30. The minimum Gasteiger partial charge on any atom is -0.497 e. The number of methoxy groups -OCH3 is 1. The van der Waals surface area contributed by atoms with Crippen molar-refractivity contribution in [1.29, 1.82) is 0 Å². The maximum absolute atomic E-state index is 12.9. The molecule has 3 aromatic rings. The number of Topliss-reactive ketones (excluding diaryl/α,β-unsaturated/α-hetero) is 1. The molecule has 0 aliphatic carbocycles. The van der Waals surface area contributed by atoms with Crippen LogP contribution in [-0.2, 0) is 0 Å². The average molecular weight is 411 g/mol. The number of rotatable bonds is 8. The predicted molar refractivity (Wildman–Crippen MR) is 113 cm³/mol. The molecule has 0 aromatic heterocycles. The first-order valence-electron chi connectivity index (χ1n) is 8.90. The Labute approximate surface area is 173 Å². The maximum Gasteiger partial charge on any atom is 0.269 e. The molecular weight excluding hydrogens is 392 g/mol. The van der Waals surface area contributed by atoms with E-state index in [2.05, 4.69) is 5.32 Å². The molecule has 0 fully saturated rings. The Hall–Kier alpha value is -3.38. The van der Waals surface area contributed by atoms with Crippen molar-refractivity contribution in [2.24, 2.45) is 0 Å². The zero-order valence-electron chi connectivity index (χ0n) is 15.7. The van der Waals surface area contributed by atoms with Gasteiger partial charge in [0.15, 0.2) is 5.78 Å². The standard InChI is InChI=1S/C22H19ClN2O4/c1-29-20-10-8-15(9-11-20)22(26)14-21(24-18-6-3-5-17(23)13-18)16-4-2-7-19(12-16)25(27)28/h2-13,21,24H,14H2,1H3. The second-order valence-corrected chi connectivity index (χ2v) is 6.85. The number of nitrogens with one attached hydrogen (secondary N) is 1. The third-order valence-electron chi connectivity index (χ3n) is 4.45. The predicted octanol–water partition coefficient (Wildman–Crippen LogP) is 5.68. The maximum atomic E-state index is 12.9. The third-order valence-corrected chi connectivity index (χ3v) is 4.69. The lowest BCUT2D eigenvalue weighted by Gasteiger charge is -2.20. The summed E-state index contributed by atoms with van der Waals surface area (Å²) in [5, 5.41) is 15.0. The van der Waals surface area contributed by atoms with Crippen molar-refractivity contribution < 1.29 is 14.5 Å². The van der Waals surface area contributed by atoms with E-state index in [1.54, 1.807) is 61.7 Å². The second-order valence-electron chi connectivity index (χ2n) is 6.42. The number of carbonyl (C=O) groups excluding carboxylic acids is 1. The van der Waals surface area contributed by atoms with Crippen molar-refractivity contribution >= 4 is 28.8 Å². The SMILES string of the molecule is COc1ccc(C(=O)CC(Nc2cccc(Cl)c2)c2cccc([N+](=O)[O-])c2)cc1. The van der Waals surface area contributed by atoms with Gasteiger partial charge in [-0.2, -0.15) is 0 Å². The Morgan fingerprint density at radius 1 is 1.10 bits per heavy atom. The molecule has 3 rings (SSSR count). The first-order valence-corrected chi connectivity index (χ1v) is 9.28. The molecular formula is C22H19ClN2O4. The summed E-state index contributed by atoms with van der Waals surface area (Å²) in [5.74, 6) is 0.563. The summed E-state index contributed by atoms with van der Waals surface area (Å²) in [7, 11) is 1.56. The number of benzene rings is 3. The Balaban J connectivity index is 1.90. The zero-order valence-corrected chi connectivity index (χ0v) is 16.4. The molecule has 3 aromatic carbocycles. The number of ketones is 1. The summed E-state index contributed by atoms with van der Waals surface area (Å²) in [6, 6.07) is 19.7. The molecule has 0 saturated heterocycles. The smallest absolute Gasteiger partial charge is 0.269 e. The fraction of sp³-hybridized carbons (Fsp3) is 0.136. The van der Waals surface area contributed by atoms with Gasteiger partial charge in [-0.15, -0.1) is 0 Å². The fourth-order valence-corrected chi connectivity index (χ4v) is 3.16. The van der Waals surface area contributed by atoms with Crippen LogP contribution in [0.4, 0.5) is 11.4 Å². The molecule has 6 nitrogen and oxygen atoms in total. The summed E-state index contributed by atoms with van der Waals surface area (Å²) in [4.78, 5) is 23.6. The molecule has 0 heterocycles. The lowest BCUT2D eigenvalue weighted by atomic mass is 9.97. The van der Waals surface area contributed by atoms with E-state index in [4.69, 9.17) is 16.3 Å². The van der Waals surface area contributed by atoms with Crippen molar-refractivity contribution in [3.8, 4) is 5.75 Å². The topological polar surface area (TPSA) is 81.5 Å². The molecule has 0 aliphatic heterocycles. The fourth-order valence-electron chi connectivity index (χ4n) is 2.97. The largest absolute Gasteiger partial charge is 0.497 e. The number of nitro benzene ring substituents is 1. The highest BCUT2D eigenvalue weighted by Crippen LogP contribution is 2.28. The van der Waals surface area contributed by atoms with Gasteiger partial charge in [0.25, 0.3) is 5.69 Å². The normalized spacial score (nSPS) is 11.5. The van der Waals surface area contributed by atoms with Gasteiger partial charge in [-0.1, -0.05) is 29.8 Å². The van der Waals surface area contributed by atoms with Gasteiger partial charge < -0.3 is 10.1 Å². The van der Waals surface area contributed by atoms with Gasteiger partial charge in [-0.25, -0.2) is 0 Å². The van der Waals surface area contributed by atoms with Crippen LogP contribution in [0.25, 0.3) is 0 Å². The number of hydrogen-bond acceptors (Lipinski definition) is 5. The molecule has 148 valence electrons. The van der Waals surface area contributed by atoms with Crippen LogP contribution in [0.15, 0.2) is 72.8 Å². The number of carbonyl (C=O) groups is 1. The van der Waals surface area contributed by atoms with E-state index < -0.39 is 11.0 Å². The zero-order chi connectivity index (χ0) is 20.8. The monoisotopic (exact) mass is 410 g/mol. The van der Waals surface area contributed by atoms with Crippen LogP contribution in [-0.4, -0.2) is 17.8 Å². The van der Waals surface area contributed by atoms with Crippen molar-refractivity contribution in [1.82, 2.24) is 0 Å². The van der Waals surface area contributed by atoms with Gasteiger partial charge >= 0.3 is 0 Å². The van der Waals surface area contributed by atoms with E-state index >= 15 is 0 Å². The molecule has 0 saturated carbocycles. The van der Waals surface area contributed by atoms with E-state index in [1.807, 2.05) is 6.07 Å². The molecule has 7 heteroatoms. The quantitative estimate of drug-likeness (QED) is 0.293. The summed E-state index contributed by atoms with van der Waals surface area (Å²) < 4.78 is 5.13. The third kappa shape index (κ3) is 5.33. The number of anilines is 1. The van der Waals surface area contributed by atoms with E-state index in [0.29, 0.717) is 21.9 Å². The van der Waals surface area contributed by atoms with Gasteiger partial charge in [0.1, 0.15) is 5.75 Å². The molecule has 0 spiro atoms. The Kier molecular flexibility index (Phi) is 6.46. The Morgan fingerprint density at radius 2 is 1.83 bits per heavy atom. The second kappa shape index (κ2) is 9.21. The molecule has 1 unspecified atom stereocenters. The van der Waals surface area contributed by atoms with Crippen LogP contribution in [0.1, 0.15) is 28.4 Å². The first-order chi connectivity index (χ1) is 14.0. The van der Waals surface area contributed by atoms with Gasteiger partial charge in [-0.05, 0) is 48.0 Å². The highest BCUT2D eigenvalue weighted by atomic mass is 35.5. The molecule has 0 radical (unpaired) electrons. The van der Waals surface area contributed by atoms with Gasteiger partial charge in [-0.3, -0.25) is 14.9 Å². The minimum atomic E-state index is -0.469. The van der Waals surface area contributed by atoms with Crippen LogP contribution in [0.3, 0.4) is 0 Å². The van der Waals surface area contributed by atoms with Crippen LogP contribution < -0.4 is 10.1 Å². The van der Waals surface area contributed by atoms with Crippen molar-refractivity contribution in [3.05, 3.63) is 99.1 Å². The molecule has 1 atom stereocenters. The highest BCUT2D eigenvalue weighted by Gasteiger charge is 2.20. The van der Waals surface area contributed by atoms with Crippen molar-refractivity contribution in [2.45, 2.75) is 12.5 Å². The van der Waals surface area contributed by atoms with E-state index in [1.165, 1.54) is 12.1 Å². The van der Waals surface area contributed by atoms with Crippen LogP contribution in [0.5, 0.6) is 5.75 Å². The number of halogens is 1. The average Bonchev–Trinajstić information content (AvgIpc) is 2.73. The van der Waals surface area contributed by atoms with E-state index in [-0.39, 0.29) is 17.9 Å². The van der Waals surface area contributed by atoms with Crippen LogP contribution in [0, 0.1) is 10.1 Å². The first kappa shape index (κ1) is 20.4. The van der Waals surface area contributed by atoms with E-state index in [0.717, 1.165) is 5.69 Å². The van der Waals surface area contributed by atoms with Gasteiger partial charge in [0.2, 0.25) is 0 Å². The molecule has 29 heavy (non-hydrogen) atoms. The minimum absolute atomic E-state index is 0.0303. The lowest BCUT2D eigenvalue weighted by Crippen LogP contribution is -2.16. The Morgan fingerprint density at radius 3 is 2.48 bits per heavy atom. The summed E-state index contributed by atoms with van der Waals surface area (Å²) in [6.07, 6.45) is 0.111. The summed E-state index contributed by atoms with van der Waals surface area (Å²) >= 11 is 6.06. The number of ether oxygens (including phenoxy) is 1. The summed E-state index contributed by atoms with van der Waals surface area (Å²) in [5.41, 5.74) is 1.86. The summed E-state index contributed by atoms with van der Waals surface area (Å²) in [6.45, 7) is 0. The molecule has 0 aliphatic rings. The van der Waals surface area contributed by atoms with Crippen molar-refractivity contribution in [2.75, 3.05) is 12.4 Å². The molecule has 0 bridgehead atoms. The molecule has 0 amide bonds. The number of nitro groups is 1. The van der Waals surface area contributed by atoms with Crippen molar-refractivity contribution in [3.63, 3.8) is 0 Å².